The Morgan fingerprint density at radius 3 is 2.88 bits per heavy atom. The highest BCUT2D eigenvalue weighted by atomic mass is 16.1. The first-order chi connectivity index (χ1) is 12.1. The molecule has 1 aliphatic rings. The van der Waals surface area contributed by atoms with E-state index in [2.05, 4.69) is 44.6 Å². The van der Waals surface area contributed by atoms with Gasteiger partial charge in [-0.15, -0.1) is 5.10 Å². The van der Waals surface area contributed by atoms with Crippen LogP contribution >= 0.6 is 0 Å². The molecule has 1 unspecified atom stereocenters. The Hall–Kier alpha value is -2.76. The topological polar surface area (TPSA) is 72.2 Å². The number of rotatable bonds is 3. The molecular weight excluding hydrogens is 314 g/mol. The third-order valence-corrected chi connectivity index (χ3v) is 4.69. The van der Waals surface area contributed by atoms with Gasteiger partial charge in [0.05, 0.1) is 6.42 Å². The van der Waals surface area contributed by atoms with Gasteiger partial charge in [0, 0.05) is 17.4 Å². The highest BCUT2D eigenvalue weighted by Crippen LogP contribution is 2.21. The predicted octanol–water partition coefficient (Wildman–Crippen LogP) is 1.96. The fraction of sp³-hybridized carbons (Fsp3) is 0.368. The van der Waals surface area contributed by atoms with Crippen molar-refractivity contribution in [1.29, 1.82) is 0 Å². The molecule has 0 bridgehead atoms. The van der Waals surface area contributed by atoms with Gasteiger partial charge in [-0.3, -0.25) is 4.79 Å². The molecule has 6 nitrogen and oxygen atoms in total. The molecule has 1 atom stereocenters. The first-order valence-corrected chi connectivity index (χ1v) is 8.64. The minimum Gasteiger partial charge on any atom is -0.353 e. The van der Waals surface area contributed by atoms with Crippen molar-refractivity contribution in [2.24, 2.45) is 0 Å². The molecule has 0 saturated carbocycles. The van der Waals surface area contributed by atoms with Gasteiger partial charge in [-0.1, -0.05) is 24.3 Å². The van der Waals surface area contributed by atoms with Gasteiger partial charge in [0.2, 0.25) is 5.91 Å². The maximum absolute atomic E-state index is 12.4. The van der Waals surface area contributed by atoms with E-state index in [1.165, 1.54) is 11.1 Å². The summed E-state index contributed by atoms with van der Waals surface area (Å²) in [6.45, 7) is 3.88. The van der Waals surface area contributed by atoms with Crippen LogP contribution in [-0.4, -0.2) is 31.5 Å². The maximum Gasteiger partial charge on any atom is 0.252 e. The van der Waals surface area contributed by atoms with Crippen molar-refractivity contribution in [3.63, 3.8) is 0 Å². The van der Waals surface area contributed by atoms with E-state index in [-0.39, 0.29) is 18.4 Å². The lowest BCUT2D eigenvalue weighted by Gasteiger charge is -2.25. The summed E-state index contributed by atoms with van der Waals surface area (Å²) in [6, 6.07) is 10.6. The zero-order chi connectivity index (χ0) is 17.4. The van der Waals surface area contributed by atoms with Crippen LogP contribution in [0.15, 0.2) is 30.3 Å². The molecule has 1 amide bonds. The van der Waals surface area contributed by atoms with Crippen LogP contribution in [-0.2, 0) is 24.1 Å². The fourth-order valence-corrected chi connectivity index (χ4v) is 3.53. The average Bonchev–Trinajstić information content (AvgIpc) is 2.97. The normalized spacial score (nSPS) is 16.6. The van der Waals surface area contributed by atoms with Crippen LogP contribution in [0.5, 0.6) is 0 Å². The Labute approximate surface area is 146 Å². The van der Waals surface area contributed by atoms with Crippen LogP contribution in [0.1, 0.15) is 34.8 Å². The molecule has 6 heteroatoms. The van der Waals surface area contributed by atoms with Crippen molar-refractivity contribution in [2.45, 2.75) is 45.6 Å². The van der Waals surface area contributed by atoms with Gasteiger partial charge >= 0.3 is 0 Å². The molecule has 1 N–H and O–H groups in total. The molecule has 0 aliphatic heterocycles. The van der Waals surface area contributed by atoms with Gasteiger partial charge in [0.1, 0.15) is 0 Å². The molecule has 25 heavy (non-hydrogen) atoms. The Kier molecular flexibility index (Phi) is 3.95. The van der Waals surface area contributed by atoms with E-state index in [0.29, 0.717) is 11.6 Å². The zero-order valence-corrected chi connectivity index (χ0v) is 14.5. The summed E-state index contributed by atoms with van der Waals surface area (Å²) in [5.74, 6) is 1.02. The van der Waals surface area contributed by atoms with Crippen molar-refractivity contribution in [2.75, 3.05) is 0 Å². The SMILES string of the molecule is Cc1cc(C)n2nc(CC(=O)NC3CCc4ccccc4C3)nc2n1. The van der Waals surface area contributed by atoms with Crippen molar-refractivity contribution >= 4 is 11.7 Å². The van der Waals surface area contributed by atoms with Gasteiger partial charge in [-0.2, -0.15) is 4.98 Å². The number of aromatic nitrogens is 4. The number of aryl methyl sites for hydroxylation is 3. The van der Waals surface area contributed by atoms with E-state index in [1.54, 1.807) is 4.52 Å². The van der Waals surface area contributed by atoms with Gasteiger partial charge in [0.25, 0.3) is 5.78 Å². The van der Waals surface area contributed by atoms with Gasteiger partial charge in [-0.05, 0) is 50.3 Å². The maximum atomic E-state index is 12.4. The third-order valence-electron chi connectivity index (χ3n) is 4.69. The van der Waals surface area contributed by atoms with Crippen molar-refractivity contribution in [1.82, 2.24) is 24.9 Å². The number of carbonyl (C=O) groups is 1. The quantitative estimate of drug-likeness (QED) is 0.794. The number of nitrogens with zero attached hydrogens (tertiary/aromatic N) is 4. The number of hydrogen-bond donors (Lipinski definition) is 1. The molecule has 2 aromatic heterocycles. The Morgan fingerprint density at radius 2 is 2.04 bits per heavy atom. The second-order valence-electron chi connectivity index (χ2n) is 6.73. The second-order valence-corrected chi connectivity index (χ2v) is 6.73. The summed E-state index contributed by atoms with van der Waals surface area (Å²) in [4.78, 5) is 21.1. The third kappa shape index (κ3) is 3.24. The Morgan fingerprint density at radius 1 is 1.24 bits per heavy atom. The van der Waals surface area contributed by atoms with Crippen LogP contribution in [0.25, 0.3) is 5.78 Å². The summed E-state index contributed by atoms with van der Waals surface area (Å²) in [6.07, 6.45) is 3.05. The van der Waals surface area contributed by atoms with Crippen LogP contribution < -0.4 is 5.32 Å². The lowest BCUT2D eigenvalue weighted by atomic mass is 9.88. The summed E-state index contributed by atoms with van der Waals surface area (Å²) in [5.41, 5.74) is 4.59. The largest absolute Gasteiger partial charge is 0.353 e. The molecule has 128 valence electrons. The summed E-state index contributed by atoms with van der Waals surface area (Å²) < 4.78 is 1.69. The number of carbonyl (C=O) groups excluding carboxylic acids is 1. The van der Waals surface area contributed by atoms with Crippen LogP contribution in [0.4, 0.5) is 0 Å². The van der Waals surface area contributed by atoms with Crippen molar-refractivity contribution < 1.29 is 4.79 Å². The molecule has 2 heterocycles. The lowest BCUT2D eigenvalue weighted by Crippen LogP contribution is -2.39. The van der Waals surface area contributed by atoms with E-state index in [9.17, 15) is 4.79 Å². The van der Waals surface area contributed by atoms with Crippen molar-refractivity contribution in [3.8, 4) is 0 Å². The second kappa shape index (κ2) is 6.27. The molecule has 0 fully saturated rings. The first-order valence-electron chi connectivity index (χ1n) is 8.64. The van der Waals surface area contributed by atoms with E-state index in [4.69, 9.17) is 0 Å². The van der Waals surface area contributed by atoms with Gasteiger partial charge in [-0.25, -0.2) is 9.50 Å². The lowest BCUT2D eigenvalue weighted by molar-refractivity contribution is -0.121. The zero-order valence-electron chi connectivity index (χ0n) is 14.5. The van der Waals surface area contributed by atoms with Crippen LogP contribution in [0, 0.1) is 13.8 Å². The molecule has 0 spiro atoms. The van der Waals surface area contributed by atoms with E-state index < -0.39 is 0 Å². The summed E-state index contributed by atoms with van der Waals surface area (Å²) in [5, 5.41) is 7.53. The highest BCUT2D eigenvalue weighted by molar-refractivity contribution is 5.78. The molecule has 4 rings (SSSR count). The number of fused-ring (bicyclic) bond motifs is 2. The average molecular weight is 335 g/mol. The first kappa shape index (κ1) is 15.7. The van der Waals surface area contributed by atoms with Crippen LogP contribution in [0.3, 0.4) is 0 Å². The van der Waals surface area contributed by atoms with Gasteiger partial charge in [0.15, 0.2) is 5.82 Å². The van der Waals surface area contributed by atoms with E-state index in [0.717, 1.165) is 30.7 Å². The number of amides is 1. The number of benzene rings is 1. The molecule has 1 aliphatic carbocycles. The molecular formula is C19H21N5O. The fourth-order valence-electron chi connectivity index (χ4n) is 3.53. The number of hydrogen-bond acceptors (Lipinski definition) is 4. The van der Waals surface area contributed by atoms with Crippen LogP contribution in [0.2, 0.25) is 0 Å². The Bertz CT molecular complexity index is 946. The number of nitrogens with one attached hydrogen (secondary N) is 1. The summed E-state index contributed by atoms with van der Waals surface area (Å²) >= 11 is 0. The highest BCUT2D eigenvalue weighted by Gasteiger charge is 2.20. The standard InChI is InChI=1S/C19H21N5O/c1-12-9-13(2)24-19(20-12)22-17(23-24)11-18(25)21-16-8-7-14-5-3-4-6-15(14)10-16/h3-6,9,16H,7-8,10-11H2,1-2H3,(H,21,25). The van der Waals surface area contributed by atoms with Gasteiger partial charge < -0.3 is 5.32 Å². The van der Waals surface area contributed by atoms with E-state index in [1.807, 2.05) is 19.9 Å². The summed E-state index contributed by atoms with van der Waals surface area (Å²) in [7, 11) is 0. The minimum atomic E-state index is -0.0327. The molecule has 1 aromatic carbocycles. The predicted molar refractivity (Wildman–Crippen MR) is 94.4 cm³/mol. The molecule has 0 radical (unpaired) electrons. The Balaban J connectivity index is 1.44. The van der Waals surface area contributed by atoms with E-state index >= 15 is 0 Å². The minimum absolute atomic E-state index is 0.0327. The van der Waals surface area contributed by atoms with Crippen molar-refractivity contribution in [3.05, 3.63) is 58.7 Å². The monoisotopic (exact) mass is 335 g/mol. The molecule has 3 aromatic rings. The molecule has 0 saturated heterocycles. The smallest absolute Gasteiger partial charge is 0.252 e.